The van der Waals surface area contributed by atoms with Crippen molar-refractivity contribution in [3.63, 3.8) is 0 Å². The number of hydrogen-bond acceptors (Lipinski definition) is 4. The summed E-state index contributed by atoms with van der Waals surface area (Å²) in [6, 6.07) is 39.1. The first-order chi connectivity index (χ1) is 19.5. The lowest BCUT2D eigenvalue weighted by atomic mass is 10.0. The monoisotopic (exact) mass is 566 g/mol. The Morgan fingerprint density at radius 1 is 0.400 bits per heavy atom. The summed E-state index contributed by atoms with van der Waals surface area (Å²) in [5.41, 5.74) is 4.17. The predicted octanol–water partition coefficient (Wildman–Crippen LogP) is 7.44. The highest BCUT2D eigenvalue weighted by Crippen LogP contribution is 2.35. The first-order valence-electron chi connectivity index (χ1n) is 13.1. The Labute approximate surface area is 244 Å². The maximum absolute atomic E-state index is 14.0. The van der Waals surface area contributed by atoms with Crippen molar-refractivity contribution in [1.29, 1.82) is 0 Å². The van der Waals surface area contributed by atoms with Gasteiger partial charge in [0, 0.05) is 26.2 Å². The molecular formula is C34H28Cl2N2O2. The van der Waals surface area contributed by atoms with Crippen molar-refractivity contribution in [3.05, 3.63) is 165 Å². The molecule has 4 nitrogen and oxygen atoms in total. The molecule has 6 heteroatoms. The average Bonchev–Trinajstić information content (AvgIpc) is 2.98. The minimum absolute atomic E-state index is 0.118. The summed E-state index contributed by atoms with van der Waals surface area (Å²) in [6.07, 6.45) is 0. The molecule has 0 aliphatic heterocycles. The molecule has 5 rings (SSSR count). The fraction of sp³-hybridized carbons (Fsp3) is 0.118. The van der Waals surface area contributed by atoms with Crippen molar-refractivity contribution in [1.82, 2.24) is 9.80 Å². The summed E-state index contributed by atoms with van der Waals surface area (Å²) in [4.78, 5) is 31.6. The van der Waals surface area contributed by atoms with Crippen LogP contribution in [0, 0.1) is 0 Å². The molecule has 0 amide bonds. The number of ketones is 2. The first-order valence-corrected chi connectivity index (χ1v) is 13.8. The van der Waals surface area contributed by atoms with Crippen LogP contribution in [0.3, 0.4) is 0 Å². The van der Waals surface area contributed by atoms with Gasteiger partial charge >= 0.3 is 0 Å². The van der Waals surface area contributed by atoms with E-state index in [1.807, 2.05) is 131 Å². The molecule has 1 aliphatic rings. The minimum atomic E-state index is -0.459. The van der Waals surface area contributed by atoms with Gasteiger partial charge in [0.25, 0.3) is 0 Å². The van der Waals surface area contributed by atoms with Crippen LogP contribution in [0.1, 0.15) is 22.3 Å². The third-order valence-corrected chi connectivity index (χ3v) is 7.44. The van der Waals surface area contributed by atoms with Crippen LogP contribution in [0.4, 0.5) is 0 Å². The second kappa shape index (κ2) is 12.8. The van der Waals surface area contributed by atoms with E-state index in [0.29, 0.717) is 26.2 Å². The number of rotatable bonds is 10. The van der Waals surface area contributed by atoms with Gasteiger partial charge in [-0.1, -0.05) is 145 Å². The van der Waals surface area contributed by atoms with E-state index >= 15 is 0 Å². The molecule has 40 heavy (non-hydrogen) atoms. The van der Waals surface area contributed by atoms with Crippen molar-refractivity contribution in [3.8, 4) is 0 Å². The van der Waals surface area contributed by atoms with Gasteiger partial charge in [0.05, 0.1) is 0 Å². The lowest BCUT2D eigenvalue weighted by molar-refractivity contribution is -0.118. The summed E-state index contributed by atoms with van der Waals surface area (Å²) in [5.74, 6) is -0.918. The maximum Gasteiger partial charge on any atom is 0.224 e. The molecule has 1 aliphatic carbocycles. The molecular weight excluding hydrogens is 539 g/mol. The highest BCUT2D eigenvalue weighted by Gasteiger charge is 2.38. The van der Waals surface area contributed by atoms with Gasteiger partial charge in [-0.25, -0.2) is 0 Å². The van der Waals surface area contributed by atoms with Crippen LogP contribution in [0.2, 0.25) is 0 Å². The summed E-state index contributed by atoms with van der Waals surface area (Å²) in [6.45, 7) is 1.55. The standard InChI is InChI=1S/C34H28Cl2N2O2/c35-29-31(37(21-25-13-5-1-6-14-25)22-26-15-7-2-8-16-26)33(39)30(36)32(34(29)40)38(23-27-17-9-3-10-18-27)24-28-19-11-4-12-20-28/h1-20H,21-24H2. The summed E-state index contributed by atoms with van der Waals surface area (Å²) in [7, 11) is 0. The Kier molecular flexibility index (Phi) is 8.80. The average molecular weight is 568 g/mol. The first kappa shape index (κ1) is 27.4. The number of hydrogen-bond donors (Lipinski definition) is 0. The van der Waals surface area contributed by atoms with E-state index in [-0.39, 0.29) is 21.5 Å². The molecule has 0 spiro atoms. The molecule has 0 unspecified atom stereocenters. The number of benzene rings is 4. The molecule has 0 saturated heterocycles. The zero-order chi connectivity index (χ0) is 27.9. The summed E-state index contributed by atoms with van der Waals surface area (Å²) in [5, 5.41) is -0.246. The van der Waals surface area contributed by atoms with Gasteiger partial charge in [-0.2, -0.15) is 0 Å². The van der Waals surface area contributed by atoms with Gasteiger partial charge in [0.2, 0.25) is 11.6 Å². The summed E-state index contributed by atoms with van der Waals surface area (Å²) < 4.78 is 0. The van der Waals surface area contributed by atoms with Crippen molar-refractivity contribution in [2.24, 2.45) is 0 Å². The summed E-state index contributed by atoms with van der Waals surface area (Å²) >= 11 is 13.6. The van der Waals surface area contributed by atoms with Crippen LogP contribution in [0.15, 0.2) is 143 Å². The van der Waals surface area contributed by atoms with Crippen LogP contribution < -0.4 is 0 Å². The van der Waals surface area contributed by atoms with Crippen LogP contribution in [0.25, 0.3) is 0 Å². The Bertz CT molecular complexity index is 1330. The Morgan fingerprint density at radius 3 is 0.850 bits per heavy atom. The smallest absolute Gasteiger partial charge is 0.224 e. The quantitative estimate of drug-likeness (QED) is 0.187. The topological polar surface area (TPSA) is 40.6 Å². The molecule has 0 heterocycles. The van der Waals surface area contributed by atoms with Gasteiger partial charge in [-0.15, -0.1) is 0 Å². The number of Topliss-reactive ketones (excluding diaryl/α,β-unsaturated/α-hetero) is 2. The van der Waals surface area contributed by atoms with E-state index in [4.69, 9.17) is 23.2 Å². The van der Waals surface area contributed by atoms with Crippen molar-refractivity contribution in [2.75, 3.05) is 0 Å². The molecule has 4 aromatic carbocycles. The zero-order valence-corrected chi connectivity index (χ0v) is 23.4. The number of nitrogens with zero attached hydrogens (tertiary/aromatic N) is 2. The Hall–Kier alpha value is -4.12. The van der Waals surface area contributed by atoms with Crippen molar-refractivity contribution < 1.29 is 9.59 Å². The van der Waals surface area contributed by atoms with Gasteiger partial charge < -0.3 is 9.80 Å². The third-order valence-electron chi connectivity index (χ3n) is 6.74. The van der Waals surface area contributed by atoms with E-state index in [0.717, 1.165) is 22.3 Å². The minimum Gasteiger partial charge on any atom is -0.358 e. The SMILES string of the molecule is O=C1C(Cl)=C(N(Cc2ccccc2)Cc2ccccc2)C(=O)C(Cl)=C1N(Cc1ccccc1)Cc1ccccc1. The third kappa shape index (κ3) is 6.36. The Morgan fingerprint density at radius 2 is 0.625 bits per heavy atom. The lowest BCUT2D eigenvalue weighted by Crippen LogP contribution is -2.37. The van der Waals surface area contributed by atoms with Crippen LogP contribution in [0.5, 0.6) is 0 Å². The van der Waals surface area contributed by atoms with Gasteiger partial charge in [-0.05, 0) is 22.3 Å². The molecule has 0 aromatic heterocycles. The highest BCUT2D eigenvalue weighted by molar-refractivity contribution is 6.55. The molecule has 4 aromatic rings. The normalized spacial score (nSPS) is 13.6. The maximum atomic E-state index is 14.0. The van der Waals surface area contributed by atoms with E-state index in [1.165, 1.54) is 0 Å². The lowest BCUT2D eigenvalue weighted by Gasteiger charge is -2.33. The molecule has 200 valence electrons. The van der Waals surface area contributed by atoms with Crippen molar-refractivity contribution in [2.45, 2.75) is 26.2 Å². The predicted molar refractivity (Wildman–Crippen MR) is 160 cm³/mol. The molecule has 0 atom stereocenters. The molecule has 0 N–H and O–H groups in total. The largest absolute Gasteiger partial charge is 0.358 e. The highest BCUT2D eigenvalue weighted by atomic mass is 35.5. The van der Waals surface area contributed by atoms with Crippen LogP contribution in [-0.2, 0) is 35.8 Å². The van der Waals surface area contributed by atoms with E-state index < -0.39 is 11.6 Å². The second-order valence-corrected chi connectivity index (χ2v) is 10.4. The molecule has 0 saturated carbocycles. The number of allylic oxidation sites excluding steroid dienone is 2. The van der Waals surface area contributed by atoms with E-state index in [9.17, 15) is 9.59 Å². The van der Waals surface area contributed by atoms with Crippen molar-refractivity contribution >= 4 is 34.8 Å². The van der Waals surface area contributed by atoms with Gasteiger partial charge in [0.1, 0.15) is 21.5 Å². The van der Waals surface area contributed by atoms with Gasteiger partial charge in [0.15, 0.2) is 0 Å². The molecule has 0 radical (unpaired) electrons. The zero-order valence-electron chi connectivity index (χ0n) is 21.8. The number of carbonyl (C=O) groups excluding carboxylic acids is 2. The number of halogens is 2. The second-order valence-electron chi connectivity index (χ2n) is 9.64. The van der Waals surface area contributed by atoms with Gasteiger partial charge in [-0.3, -0.25) is 9.59 Å². The van der Waals surface area contributed by atoms with E-state index in [2.05, 4.69) is 0 Å². The fourth-order valence-corrected chi connectivity index (χ4v) is 5.42. The Balaban J connectivity index is 1.53. The fourth-order valence-electron chi connectivity index (χ4n) is 4.83. The van der Waals surface area contributed by atoms with Crippen LogP contribution in [-0.4, -0.2) is 21.4 Å². The van der Waals surface area contributed by atoms with Crippen LogP contribution >= 0.6 is 23.2 Å². The number of carbonyl (C=O) groups is 2. The molecule has 0 bridgehead atoms. The van der Waals surface area contributed by atoms with E-state index in [1.54, 1.807) is 0 Å². The molecule has 0 fully saturated rings.